The molecule has 2 aliphatic carbocycles. The van der Waals surface area contributed by atoms with Crippen LogP contribution in [0.2, 0.25) is 0 Å². The molecule has 1 fully saturated rings. The highest BCUT2D eigenvalue weighted by molar-refractivity contribution is 5.79. The molecule has 0 heterocycles. The van der Waals surface area contributed by atoms with Crippen LogP contribution in [0.3, 0.4) is 0 Å². The molecule has 0 saturated heterocycles. The lowest BCUT2D eigenvalue weighted by atomic mass is 9.98. The Kier molecular flexibility index (Phi) is 7.73. The highest BCUT2D eigenvalue weighted by atomic mass is 16.5. The van der Waals surface area contributed by atoms with Gasteiger partial charge in [0.15, 0.2) is 0 Å². The largest absolute Gasteiger partial charge is 0.481 e. The minimum Gasteiger partial charge on any atom is -0.481 e. The lowest BCUT2D eigenvalue weighted by Gasteiger charge is -2.21. The molecule has 3 unspecified atom stereocenters. The third-order valence-corrected chi connectivity index (χ3v) is 7.39. The summed E-state index contributed by atoms with van der Waals surface area (Å²) >= 11 is 0. The van der Waals surface area contributed by atoms with E-state index >= 15 is 0 Å². The van der Waals surface area contributed by atoms with Crippen molar-refractivity contribution in [1.29, 1.82) is 0 Å². The molecular weight excluding hydrogens is 444 g/mol. The second-order valence-corrected chi connectivity index (χ2v) is 9.97. The first-order valence-electron chi connectivity index (χ1n) is 12.4. The number of hydrogen-bond acceptors (Lipinski definition) is 4. The topological polar surface area (TPSA) is 95.9 Å². The molecule has 0 spiro atoms. The summed E-state index contributed by atoms with van der Waals surface area (Å²) in [4.78, 5) is 37.4. The third-order valence-electron chi connectivity index (χ3n) is 7.39. The first kappa shape index (κ1) is 24.8. The number of carboxylic acid groups (broad SMARTS) is 1. The summed E-state index contributed by atoms with van der Waals surface area (Å²) in [5, 5.41) is 11.9. The smallest absolute Gasteiger partial charge is 0.407 e. The summed E-state index contributed by atoms with van der Waals surface area (Å²) in [6.45, 7) is 2.65. The molecule has 2 aromatic rings. The van der Waals surface area contributed by atoms with Gasteiger partial charge in [0.05, 0.1) is 5.92 Å². The maximum Gasteiger partial charge on any atom is 0.407 e. The first-order valence-corrected chi connectivity index (χ1v) is 12.4. The highest BCUT2D eigenvalue weighted by Crippen LogP contribution is 2.44. The van der Waals surface area contributed by atoms with Crippen LogP contribution in [0.4, 0.5) is 4.79 Å². The number of rotatable bonds is 9. The zero-order valence-corrected chi connectivity index (χ0v) is 20.4. The van der Waals surface area contributed by atoms with Gasteiger partial charge in [0.2, 0.25) is 5.91 Å². The Labute approximate surface area is 206 Å². The molecule has 0 radical (unpaired) electrons. The Morgan fingerprint density at radius 3 is 2.26 bits per heavy atom. The van der Waals surface area contributed by atoms with Gasteiger partial charge in [-0.05, 0) is 53.4 Å². The number of hydrogen-bond donors (Lipinski definition) is 2. The number of alkyl carbamates (subject to hydrolysis) is 1. The van der Waals surface area contributed by atoms with Crippen LogP contribution >= 0.6 is 0 Å². The van der Waals surface area contributed by atoms with Crippen molar-refractivity contribution >= 4 is 18.0 Å². The number of carbonyl (C=O) groups is 3. The molecular formula is C28H34N2O5. The molecule has 7 nitrogen and oxygen atoms in total. The molecule has 2 aliphatic rings. The van der Waals surface area contributed by atoms with Crippen molar-refractivity contribution in [1.82, 2.24) is 10.2 Å². The molecule has 186 valence electrons. The fourth-order valence-electron chi connectivity index (χ4n) is 5.42. The van der Waals surface area contributed by atoms with E-state index in [9.17, 15) is 14.4 Å². The second-order valence-electron chi connectivity index (χ2n) is 9.97. The normalized spacial score (nSPS) is 19.5. The Morgan fingerprint density at radius 2 is 1.63 bits per heavy atom. The molecule has 1 saturated carbocycles. The summed E-state index contributed by atoms with van der Waals surface area (Å²) < 4.78 is 5.62. The quantitative estimate of drug-likeness (QED) is 0.553. The van der Waals surface area contributed by atoms with E-state index in [2.05, 4.69) is 29.6 Å². The zero-order chi connectivity index (χ0) is 24.9. The third kappa shape index (κ3) is 5.84. The van der Waals surface area contributed by atoms with E-state index in [0.717, 1.165) is 19.3 Å². The number of benzene rings is 2. The lowest BCUT2D eigenvalue weighted by molar-refractivity contribution is -0.142. The van der Waals surface area contributed by atoms with E-state index in [1.165, 1.54) is 27.2 Å². The van der Waals surface area contributed by atoms with Gasteiger partial charge in [0.25, 0.3) is 0 Å². The molecule has 0 aliphatic heterocycles. The molecule has 35 heavy (non-hydrogen) atoms. The first-order chi connectivity index (χ1) is 16.8. The van der Waals surface area contributed by atoms with Gasteiger partial charge in [0.1, 0.15) is 6.61 Å². The fraction of sp³-hybridized carbons (Fsp3) is 0.464. The van der Waals surface area contributed by atoms with Gasteiger partial charge in [-0.1, -0.05) is 55.5 Å². The number of amides is 2. The maximum atomic E-state index is 12.5. The number of nitrogens with zero attached hydrogens (tertiary/aromatic N) is 1. The molecule has 2 amide bonds. The Bertz CT molecular complexity index is 1040. The Morgan fingerprint density at radius 1 is 1.03 bits per heavy atom. The van der Waals surface area contributed by atoms with Gasteiger partial charge in [-0.2, -0.15) is 0 Å². The van der Waals surface area contributed by atoms with Crippen molar-refractivity contribution in [3.63, 3.8) is 0 Å². The highest BCUT2D eigenvalue weighted by Gasteiger charge is 2.30. The van der Waals surface area contributed by atoms with Crippen LogP contribution < -0.4 is 5.32 Å². The van der Waals surface area contributed by atoms with Crippen molar-refractivity contribution in [2.75, 3.05) is 26.7 Å². The molecule has 0 aromatic heterocycles. The van der Waals surface area contributed by atoms with Crippen LogP contribution in [0.5, 0.6) is 0 Å². The van der Waals surface area contributed by atoms with Gasteiger partial charge < -0.3 is 20.1 Å². The number of fused-ring (bicyclic) bond motifs is 3. The van der Waals surface area contributed by atoms with Crippen molar-refractivity contribution < 1.29 is 24.2 Å². The van der Waals surface area contributed by atoms with Crippen molar-refractivity contribution in [2.24, 2.45) is 17.8 Å². The van der Waals surface area contributed by atoms with Crippen LogP contribution in [-0.4, -0.2) is 54.7 Å². The van der Waals surface area contributed by atoms with E-state index in [0.29, 0.717) is 25.5 Å². The van der Waals surface area contributed by atoms with Crippen LogP contribution in [0.25, 0.3) is 11.1 Å². The van der Waals surface area contributed by atoms with Gasteiger partial charge in [0, 0.05) is 32.5 Å². The summed E-state index contributed by atoms with van der Waals surface area (Å²) in [7, 11) is 1.66. The standard InChI is InChI=1S/C28H34N2O5/c1-18(27(32)33)16-30(2)26(31)14-19-11-12-20(13-19)15-29-28(34)35-17-25-23-9-5-3-7-21(23)22-8-4-6-10-24(22)25/h3-10,18-20,25H,11-17H2,1-2H3,(H,29,34)(H,32,33). The van der Waals surface area contributed by atoms with Gasteiger partial charge in [-0.15, -0.1) is 0 Å². The minimum absolute atomic E-state index is 0.0201. The molecule has 2 N–H and O–H groups in total. The predicted molar refractivity (Wildman–Crippen MR) is 133 cm³/mol. The van der Waals surface area contributed by atoms with E-state index in [4.69, 9.17) is 9.84 Å². The Hall–Kier alpha value is -3.35. The number of nitrogens with one attached hydrogen (secondary N) is 1. The second kappa shape index (κ2) is 10.9. The average Bonchev–Trinajstić information content (AvgIpc) is 3.43. The summed E-state index contributed by atoms with van der Waals surface area (Å²) in [6, 6.07) is 16.5. The summed E-state index contributed by atoms with van der Waals surface area (Å²) in [6.07, 6.45) is 2.78. The molecule has 0 bridgehead atoms. The number of carbonyl (C=O) groups excluding carboxylic acids is 2. The molecule has 3 atom stereocenters. The van der Waals surface area contributed by atoms with Gasteiger partial charge in [-0.3, -0.25) is 9.59 Å². The van der Waals surface area contributed by atoms with Crippen LogP contribution in [0, 0.1) is 17.8 Å². The molecule has 2 aromatic carbocycles. The number of aliphatic carboxylic acids is 1. The van der Waals surface area contributed by atoms with E-state index in [1.807, 2.05) is 24.3 Å². The van der Waals surface area contributed by atoms with E-state index in [1.54, 1.807) is 14.0 Å². The molecule has 7 heteroatoms. The fourth-order valence-corrected chi connectivity index (χ4v) is 5.42. The van der Waals surface area contributed by atoms with Crippen molar-refractivity contribution in [3.05, 3.63) is 59.7 Å². The molecule has 4 rings (SSSR count). The van der Waals surface area contributed by atoms with Crippen LogP contribution in [0.1, 0.15) is 49.7 Å². The van der Waals surface area contributed by atoms with E-state index in [-0.39, 0.29) is 24.3 Å². The van der Waals surface area contributed by atoms with E-state index < -0.39 is 18.0 Å². The van der Waals surface area contributed by atoms with Crippen LogP contribution in [-0.2, 0) is 14.3 Å². The average molecular weight is 479 g/mol. The number of carboxylic acids is 1. The summed E-state index contributed by atoms with van der Waals surface area (Å²) in [5.41, 5.74) is 4.78. The Balaban J connectivity index is 1.21. The maximum absolute atomic E-state index is 12.5. The van der Waals surface area contributed by atoms with Crippen molar-refractivity contribution in [3.8, 4) is 11.1 Å². The zero-order valence-electron chi connectivity index (χ0n) is 20.4. The lowest BCUT2D eigenvalue weighted by Crippen LogP contribution is -2.34. The minimum atomic E-state index is -0.898. The monoisotopic (exact) mass is 478 g/mol. The number of ether oxygens (including phenoxy) is 1. The summed E-state index contributed by atoms with van der Waals surface area (Å²) in [5.74, 6) is -0.883. The van der Waals surface area contributed by atoms with Gasteiger partial charge in [-0.25, -0.2) is 4.79 Å². The van der Waals surface area contributed by atoms with Gasteiger partial charge >= 0.3 is 12.1 Å². The van der Waals surface area contributed by atoms with Crippen LogP contribution in [0.15, 0.2) is 48.5 Å². The SMILES string of the molecule is CC(CN(C)C(=O)CC1CCC(CNC(=O)OCC2c3ccccc3-c3ccccc32)C1)C(=O)O. The van der Waals surface area contributed by atoms with Crippen molar-refractivity contribution in [2.45, 2.75) is 38.5 Å². The predicted octanol–water partition coefficient (Wildman–Crippen LogP) is 4.51.